The van der Waals surface area contributed by atoms with Crippen LogP contribution in [0.5, 0.6) is 0 Å². The molecule has 0 bridgehead atoms. The molecule has 0 atom stereocenters. The number of halogens is 3. The summed E-state index contributed by atoms with van der Waals surface area (Å²) in [5.74, 6) is -3.37. The normalized spacial score (nSPS) is 11.2. The first-order valence-electron chi connectivity index (χ1n) is 8.37. The van der Waals surface area contributed by atoms with Crippen LogP contribution in [0.25, 0.3) is 10.9 Å². The number of fused-ring (bicyclic) bond motifs is 1. The largest absolute Gasteiger partial charge is 0.281 e. The SMILES string of the molecule is CC(C)Sc1nc2cc(F)c(F)cc2c(=O)n1NC(=O)Cc1cccc(F)c1. The third kappa shape index (κ3) is 4.36. The number of nitrogens with zero attached hydrogens (tertiary/aromatic N) is 2. The van der Waals surface area contributed by atoms with Crippen LogP contribution in [0.15, 0.2) is 46.3 Å². The second kappa shape index (κ2) is 8.05. The van der Waals surface area contributed by atoms with Crippen molar-refractivity contribution in [2.45, 2.75) is 30.7 Å². The molecule has 146 valence electrons. The van der Waals surface area contributed by atoms with Crippen LogP contribution in [0.2, 0.25) is 0 Å². The molecule has 0 spiro atoms. The molecular weight excluding hydrogens is 391 g/mol. The first-order valence-corrected chi connectivity index (χ1v) is 9.25. The number of thioether (sulfide) groups is 1. The molecule has 3 aromatic rings. The van der Waals surface area contributed by atoms with Crippen molar-refractivity contribution in [3.05, 3.63) is 69.8 Å². The molecule has 9 heteroatoms. The van der Waals surface area contributed by atoms with E-state index in [0.717, 1.165) is 16.8 Å². The van der Waals surface area contributed by atoms with Gasteiger partial charge in [0, 0.05) is 11.3 Å². The molecule has 5 nitrogen and oxygen atoms in total. The Morgan fingerprint density at radius 3 is 2.57 bits per heavy atom. The lowest BCUT2D eigenvalue weighted by atomic mass is 10.1. The van der Waals surface area contributed by atoms with Crippen molar-refractivity contribution in [2.75, 3.05) is 5.43 Å². The summed E-state index contributed by atoms with van der Waals surface area (Å²) in [4.78, 5) is 29.4. The number of benzene rings is 2. The molecule has 0 unspecified atom stereocenters. The predicted octanol–water partition coefficient (Wildman–Crippen LogP) is 3.63. The lowest BCUT2D eigenvalue weighted by molar-refractivity contribution is -0.116. The Labute approximate surface area is 162 Å². The zero-order valence-electron chi connectivity index (χ0n) is 15.0. The molecule has 3 rings (SSSR count). The fourth-order valence-corrected chi connectivity index (χ4v) is 3.35. The van der Waals surface area contributed by atoms with Crippen molar-refractivity contribution >= 4 is 28.6 Å². The lowest BCUT2D eigenvalue weighted by Crippen LogP contribution is -2.36. The number of carbonyl (C=O) groups excluding carboxylic acids is 1. The van der Waals surface area contributed by atoms with Gasteiger partial charge in [0.15, 0.2) is 16.8 Å². The van der Waals surface area contributed by atoms with E-state index in [9.17, 15) is 22.8 Å². The molecule has 1 aromatic heterocycles. The van der Waals surface area contributed by atoms with E-state index in [2.05, 4.69) is 10.4 Å². The Morgan fingerprint density at radius 1 is 1.18 bits per heavy atom. The molecular formula is C19H16F3N3O2S. The highest BCUT2D eigenvalue weighted by Gasteiger charge is 2.17. The molecule has 0 aliphatic carbocycles. The molecule has 0 saturated heterocycles. The van der Waals surface area contributed by atoms with Crippen LogP contribution in [-0.4, -0.2) is 20.8 Å². The number of aromatic nitrogens is 2. The van der Waals surface area contributed by atoms with Crippen LogP contribution in [0.3, 0.4) is 0 Å². The van der Waals surface area contributed by atoms with Crippen molar-refractivity contribution in [1.29, 1.82) is 0 Å². The number of amides is 1. The van der Waals surface area contributed by atoms with Gasteiger partial charge in [0.25, 0.3) is 5.56 Å². The van der Waals surface area contributed by atoms with Crippen molar-refractivity contribution < 1.29 is 18.0 Å². The van der Waals surface area contributed by atoms with E-state index < -0.39 is 28.9 Å². The van der Waals surface area contributed by atoms with E-state index in [-0.39, 0.29) is 27.7 Å². The van der Waals surface area contributed by atoms with Crippen LogP contribution >= 0.6 is 11.8 Å². The first-order chi connectivity index (χ1) is 13.2. The van der Waals surface area contributed by atoms with Gasteiger partial charge in [-0.15, -0.1) is 0 Å². The lowest BCUT2D eigenvalue weighted by Gasteiger charge is -2.15. The summed E-state index contributed by atoms with van der Waals surface area (Å²) in [7, 11) is 0. The number of carbonyl (C=O) groups is 1. The van der Waals surface area contributed by atoms with E-state index in [1.165, 1.54) is 30.0 Å². The Hall–Kier alpha value is -2.81. The monoisotopic (exact) mass is 407 g/mol. The Morgan fingerprint density at radius 2 is 1.89 bits per heavy atom. The van der Waals surface area contributed by atoms with Gasteiger partial charge in [-0.3, -0.25) is 15.0 Å². The summed E-state index contributed by atoms with van der Waals surface area (Å²) in [6, 6.07) is 7.10. The highest BCUT2D eigenvalue weighted by Crippen LogP contribution is 2.22. The van der Waals surface area contributed by atoms with Crippen LogP contribution in [0.1, 0.15) is 19.4 Å². The third-order valence-electron chi connectivity index (χ3n) is 3.71. The molecule has 28 heavy (non-hydrogen) atoms. The van der Waals surface area contributed by atoms with E-state index in [4.69, 9.17) is 0 Å². The topological polar surface area (TPSA) is 64.0 Å². The quantitative estimate of drug-likeness (QED) is 0.518. The summed E-state index contributed by atoms with van der Waals surface area (Å²) in [6.45, 7) is 3.70. The Balaban J connectivity index is 2.02. The fourth-order valence-electron chi connectivity index (χ4n) is 2.55. The average molecular weight is 407 g/mol. The minimum Gasteiger partial charge on any atom is -0.273 e. The van der Waals surface area contributed by atoms with Crippen LogP contribution in [0, 0.1) is 17.5 Å². The zero-order valence-corrected chi connectivity index (χ0v) is 15.8. The average Bonchev–Trinajstić information content (AvgIpc) is 2.60. The van der Waals surface area contributed by atoms with Gasteiger partial charge in [-0.05, 0) is 23.8 Å². The number of hydrogen-bond donors (Lipinski definition) is 1. The number of rotatable bonds is 5. The maximum Gasteiger partial charge on any atom is 0.281 e. The summed E-state index contributed by atoms with van der Waals surface area (Å²) >= 11 is 1.18. The molecule has 1 amide bonds. The second-order valence-electron chi connectivity index (χ2n) is 6.33. The summed E-state index contributed by atoms with van der Waals surface area (Å²) < 4.78 is 41.3. The Kier molecular flexibility index (Phi) is 5.73. The highest BCUT2D eigenvalue weighted by atomic mass is 32.2. The third-order valence-corrected chi connectivity index (χ3v) is 4.67. The molecule has 1 heterocycles. The van der Waals surface area contributed by atoms with Gasteiger partial charge in [0.05, 0.1) is 17.3 Å². The molecule has 0 fully saturated rings. The van der Waals surface area contributed by atoms with E-state index in [1.54, 1.807) is 6.07 Å². The molecule has 0 radical (unpaired) electrons. The smallest absolute Gasteiger partial charge is 0.273 e. The predicted molar refractivity (Wildman–Crippen MR) is 101 cm³/mol. The minimum absolute atomic E-state index is 0.000941. The van der Waals surface area contributed by atoms with Crippen LogP contribution in [-0.2, 0) is 11.2 Å². The van der Waals surface area contributed by atoms with E-state index in [1.807, 2.05) is 13.8 Å². The summed E-state index contributed by atoms with van der Waals surface area (Å²) in [5.41, 5.74) is 2.10. The molecule has 0 aliphatic heterocycles. The standard InChI is InChI=1S/C19H16F3N3O2S/c1-10(2)28-19-23-16-9-15(22)14(21)8-13(16)18(27)25(19)24-17(26)7-11-4-3-5-12(20)6-11/h3-6,8-10H,7H2,1-2H3,(H,24,26). The zero-order chi connectivity index (χ0) is 20.4. The van der Waals surface area contributed by atoms with Crippen molar-refractivity contribution in [2.24, 2.45) is 0 Å². The van der Waals surface area contributed by atoms with Gasteiger partial charge in [0.1, 0.15) is 5.82 Å². The van der Waals surface area contributed by atoms with Gasteiger partial charge in [-0.25, -0.2) is 18.2 Å². The van der Waals surface area contributed by atoms with Crippen molar-refractivity contribution in [1.82, 2.24) is 9.66 Å². The molecule has 0 saturated carbocycles. The van der Waals surface area contributed by atoms with Gasteiger partial charge in [-0.1, -0.05) is 37.7 Å². The molecule has 2 aromatic carbocycles. The van der Waals surface area contributed by atoms with Crippen molar-refractivity contribution in [3.8, 4) is 0 Å². The summed E-state index contributed by atoms with van der Waals surface area (Å²) in [6.07, 6.45) is -0.175. The van der Waals surface area contributed by atoms with E-state index >= 15 is 0 Å². The van der Waals surface area contributed by atoms with Crippen molar-refractivity contribution in [3.63, 3.8) is 0 Å². The van der Waals surface area contributed by atoms with E-state index in [0.29, 0.717) is 5.56 Å². The summed E-state index contributed by atoms with van der Waals surface area (Å²) in [5, 5.41) is -0.0369. The molecule has 1 N–H and O–H groups in total. The van der Waals surface area contributed by atoms with Crippen LogP contribution < -0.4 is 11.0 Å². The maximum atomic E-state index is 13.6. The highest BCUT2D eigenvalue weighted by molar-refractivity contribution is 7.99. The van der Waals surface area contributed by atoms with Gasteiger partial charge >= 0.3 is 0 Å². The van der Waals surface area contributed by atoms with Crippen LogP contribution in [0.4, 0.5) is 13.2 Å². The number of hydrogen-bond acceptors (Lipinski definition) is 4. The van der Waals surface area contributed by atoms with Gasteiger partial charge in [0.2, 0.25) is 5.91 Å². The van der Waals surface area contributed by atoms with Gasteiger partial charge in [-0.2, -0.15) is 4.68 Å². The minimum atomic E-state index is -1.19. The number of nitrogens with one attached hydrogen (secondary N) is 1. The van der Waals surface area contributed by atoms with Gasteiger partial charge < -0.3 is 0 Å². The second-order valence-corrected chi connectivity index (χ2v) is 7.87. The Bertz CT molecular complexity index is 1120. The molecule has 0 aliphatic rings. The fraction of sp³-hybridized carbons (Fsp3) is 0.211. The maximum absolute atomic E-state index is 13.6. The first kappa shape index (κ1) is 19.9.